The zero-order valence-corrected chi connectivity index (χ0v) is 10.2. The Morgan fingerprint density at radius 2 is 2.00 bits per heavy atom. The van der Waals surface area contributed by atoms with Crippen molar-refractivity contribution in [3.63, 3.8) is 0 Å². The van der Waals surface area contributed by atoms with Gasteiger partial charge in [0.15, 0.2) is 0 Å². The predicted octanol–water partition coefficient (Wildman–Crippen LogP) is 2.07. The largest absolute Gasteiger partial charge is 0.311 e. The first-order valence-electron chi connectivity index (χ1n) is 6.12. The number of hydrogen-bond acceptors (Lipinski definition) is 2. The van der Waals surface area contributed by atoms with Gasteiger partial charge in [0.25, 0.3) is 0 Å². The SMILES string of the molecule is CCNC1CCCN(c2cc(F)cc(F)c2)C1=O. The van der Waals surface area contributed by atoms with E-state index in [2.05, 4.69) is 5.32 Å². The molecule has 1 aromatic rings. The third-order valence-electron chi connectivity index (χ3n) is 3.05. The normalized spacial score (nSPS) is 20.3. The maximum absolute atomic E-state index is 13.2. The average molecular weight is 254 g/mol. The second-order valence-electron chi connectivity index (χ2n) is 4.37. The van der Waals surface area contributed by atoms with Crippen LogP contribution in [0.25, 0.3) is 0 Å². The summed E-state index contributed by atoms with van der Waals surface area (Å²) in [6.45, 7) is 3.12. The van der Waals surface area contributed by atoms with Gasteiger partial charge in [0.2, 0.25) is 5.91 Å². The van der Waals surface area contributed by atoms with Gasteiger partial charge in [0.1, 0.15) is 11.6 Å². The molecule has 2 rings (SSSR count). The van der Waals surface area contributed by atoms with Crippen LogP contribution in [0.1, 0.15) is 19.8 Å². The maximum Gasteiger partial charge on any atom is 0.244 e. The summed E-state index contributed by atoms with van der Waals surface area (Å²) in [5.41, 5.74) is 0.292. The summed E-state index contributed by atoms with van der Waals surface area (Å²) in [5.74, 6) is -1.44. The average Bonchev–Trinajstić information content (AvgIpc) is 2.31. The first-order valence-corrected chi connectivity index (χ1v) is 6.12. The van der Waals surface area contributed by atoms with Crippen LogP contribution in [0, 0.1) is 11.6 Å². The van der Waals surface area contributed by atoms with Crippen LogP contribution < -0.4 is 10.2 Å². The Kier molecular flexibility index (Phi) is 3.91. The molecule has 0 spiro atoms. The van der Waals surface area contributed by atoms with Crippen molar-refractivity contribution in [3.8, 4) is 0 Å². The van der Waals surface area contributed by atoms with Crippen LogP contribution in [0.5, 0.6) is 0 Å². The van der Waals surface area contributed by atoms with Crippen molar-refractivity contribution < 1.29 is 13.6 Å². The van der Waals surface area contributed by atoms with E-state index >= 15 is 0 Å². The molecular weight excluding hydrogens is 238 g/mol. The molecule has 1 heterocycles. The standard InChI is InChI=1S/C13H16F2N2O/c1-2-16-12-4-3-5-17(13(12)18)11-7-9(14)6-10(15)8-11/h6-8,12,16H,2-5H2,1H3. The summed E-state index contributed by atoms with van der Waals surface area (Å²) in [5, 5.41) is 3.08. The number of hydrogen-bond donors (Lipinski definition) is 1. The number of benzene rings is 1. The van der Waals surface area contributed by atoms with E-state index in [0.29, 0.717) is 18.8 Å². The van der Waals surface area contributed by atoms with Gasteiger partial charge < -0.3 is 10.2 Å². The molecule has 5 heteroatoms. The molecule has 0 aromatic heterocycles. The molecule has 0 aliphatic carbocycles. The van der Waals surface area contributed by atoms with Gasteiger partial charge in [0.05, 0.1) is 6.04 Å². The Labute approximate surface area is 105 Å². The van der Waals surface area contributed by atoms with E-state index in [1.54, 1.807) is 0 Å². The molecule has 1 aliphatic rings. The molecule has 0 radical (unpaired) electrons. The Morgan fingerprint density at radius 3 is 2.61 bits per heavy atom. The van der Waals surface area contributed by atoms with Gasteiger partial charge in [-0.1, -0.05) is 6.92 Å². The van der Waals surface area contributed by atoms with Gasteiger partial charge in [-0.3, -0.25) is 4.79 Å². The number of likely N-dealkylation sites (N-methyl/N-ethyl adjacent to an activating group) is 1. The lowest BCUT2D eigenvalue weighted by molar-refractivity contribution is -0.121. The summed E-state index contributed by atoms with van der Waals surface area (Å²) >= 11 is 0. The van der Waals surface area contributed by atoms with Gasteiger partial charge in [-0.15, -0.1) is 0 Å². The molecule has 1 saturated heterocycles. The molecule has 1 aliphatic heterocycles. The quantitative estimate of drug-likeness (QED) is 0.895. The van der Waals surface area contributed by atoms with E-state index in [0.717, 1.165) is 18.9 Å². The Bertz CT molecular complexity index is 428. The number of anilines is 1. The van der Waals surface area contributed by atoms with Crippen LogP contribution in [0.15, 0.2) is 18.2 Å². The minimum atomic E-state index is -0.664. The van der Waals surface area contributed by atoms with E-state index < -0.39 is 11.6 Å². The molecule has 1 aromatic carbocycles. The Morgan fingerprint density at radius 1 is 1.33 bits per heavy atom. The fraction of sp³-hybridized carbons (Fsp3) is 0.462. The minimum Gasteiger partial charge on any atom is -0.311 e. The third-order valence-corrected chi connectivity index (χ3v) is 3.05. The summed E-state index contributed by atoms with van der Waals surface area (Å²) in [6, 6.07) is 2.93. The van der Waals surface area contributed by atoms with Crippen LogP contribution in [0.4, 0.5) is 14.5 Å². The molecule has 0 saturated carbocycles. The van der Waals surface area contributed by atoms with E-state index in [1.165, 1.54) is 17.0 Å². The molecule has 1 fully saturated rings. The first kappa shape index (κ1) is 13.0. The highest BCUT2D eigenvalue weighted by atomic mass is 19.1. The number of carbonyl (C=O) groups excluding carboxylic acids is 1. The summed E-state index contributed by atoms with van der Waals surface area (Å²) in [4.78, 5) is 13.6. The van der Waals surface area contributed by atoms with Gasteiger partial charge >= 0.3 is 0 Å². The Balaban J connectivity index is 2.23. The lowest BCUT2D eigenvalue weighted by atomic mass is 10.0. The highest BCUT2D eigenvalue weighted by Crippen LogP contribution is 2.23. The Hall–Kier alpha value is -1.49. The van der Waals surface area contributed by atoms with Crippen LogP contribution in [-0.4, -0.2) is 25.0 Å². The molecule has 0 bridgehead atoms. The van der Waals surface area contributed by atoms with Gasteiger partial charge in [0, 0.05) is 18.3 Å². The summed E-state index contributed by atoms with van der Waals surface area (Å²) < 4.78 is 26.3. The van der Waals surface area contributed by atoms with E-state index in [9.17, 15) is 13.6 Å². The monoisotopic (exact) mass is 254 g/mol. The highest BCUT2D eigenvalue weighted by Gasteiger charge is 2.29. The lowest BCUT2D eigenvalue weighted by Crippen LogP contribution is -2.50. The number of rotatable bonds is 3. The van der Waals surface area contributed by atoms with Crippen molar-refractivity contribution in [1.29, 1.82) is 0 Å². The van der Waals surface area contributed by atoms with Crippen molar-refractivity contribution in [1.82, 2.24) is 5.32 Å². The molecule has 1 amide bonds. The minimum absolute atomic E-state index is 0.117. The van der Waals surface area contributed by atoms with Crippen LogP contribution >= 0.6 is 0 Å². The second-order valence-corrected chi connectivity index (χ2v) is 4.37. The van der Waals surface area contributed by atoms with Gasteiger partial charge in [-0.2, -0.15) is 0 Å². The van der Waals surface area contributed by atoms with Crippen LogP contribution in [0.2, 0.25) is 0 Å². The zero-order valence-electron chi connectivity index (χ0n) is 10.2. The number of carbonyl (C=O) groups is 1. The molecule has 1 unspecified atom stereocenters. The second kappa shape index (κ2) is 5.44. The van der Waals surface area contributed by atoms with E-state index in [4.69, 9.17) is 0 Å². The smallest absolute Gasteiger partial charge is 0.244 e. The number of piperidine rings is 1. The van der Waals surface area contributed by atoms with Crippen LogP contribution in [-0.2, 0) is 4.79 Å². The molecule has 1 atom stereocenters. The summed E-state index contributed by atoms with van der Waals surface area (Å²) in [7, 11) is 0. The predicted molar refractivity (Wildman–Crippen MR) is 65.4 cm³/mol. The fourth-order valence-corrected chi connectivity index (χ4v) is 2.26. The maximum atomic E-state index is 13.2. The fourth-order valence-electron chi connectivity index (χ4n) is 2.26. The molecule has 18 heavy (non-hydrogen) atoms. The van der Waals surface area contributed by atoms with Crippen LogP contribution in [0.3, 0.4) is 0 Å². The van der Waals surface area contributed by atoms with Gasteiger partial charge in [-0.25, -0.2) is 8.78 Å². The first-order chi connectivity index (χ1) is 8.61. The number of nitrogens with one attached hydrogen (secondary N) is 1. The van der Waals surface area contributed by atoms with Crippen molar-refractivity contribution in [2.75, 3.05) is 18.0 Å². The van der Waals surface area contributed by atoms with Crippen molar-refractivity contribution >= 4 is 11.6 Å². The molecule has 1 N–H and O–H groups in total. The van der Waals surface area contributed by atoms with Crippen molar-refractivity contribution in [3.05, 3.63) is 29.8 Å². The number of halogens is 2. The van der Waals surface area contributed by atoms with Crippen molar-refractivity contribution in [2.45, 2.75) is 25.8 Å². The van der Waals surface area contributed by atoms with E-state index in [1.807, 2.05) is 6.92 Å². The third kappa shape index (κ3) is 2.67. The lowest BCUT2D eigenvalue weighted by Gasteiger charge is -2.32. The number of nitrogens with zero attached hydrogens (tertiary/aromatic N) is 1. The molecule has 3 nitrogen and oxygen atoms in total. The highest BCUT2D eigenvalue weighted by molar-refractivity contribution is 5.97. The summed E-state index contributed by atoms with van der Waals surface area (Å²) in [6.07, 6.45) is 1.59. The van der Waals surface area contributed by atoms with E-state index in [-0.39, 0.29) is 11.9 Å². The van der Waals surface area contributed by atoms with Gasteiger partial charge in [-0.05, 0) is 31.5 Å². The van der Waals surface area contributed by atoms with Crippen molar-refractivity contribution in [2.24, 2.45) is 0 Å². The zero-order chi connectivity index (χ0) is 13.1. The topological polar surface area (TPSA) is 32.3 Å². The number of amides is 1. The molecule has 98 valence electrons. The molecular formula is C13H16F2N2O.